The van der Waals surface area contributed by atoms with Crippen molar-refractivity contribution in [2.24, 2.45) is 0 Å². The minimum Gasteiger partial charge on any atom is -0.296 e. The lowest BCUT2D eigenvalue weighted by molar-refractivity contribution is 0.181. The molecule has 1 aliphatic rings. The van der Waals surface area contributed by atoms with Gasteiger partial charge in [-0.2, -0.15) is 14.8 Å². The van der Waals surface area contributed by atoms with Gasteiger partial charge in [0.25, 0.3) is 0 Å². The largest absolute Gasteiger partial charge is 0.296 e. The van der Waals surface area contributed by atoms with Gasteiger partial charge in [0.15, 0.2) is 0 Å². The van der Waals surface area contributed by atoms with Crippen LogP contribution in [0.3, 0.4) is 0 Å². The molecule has 6 nitrogen and oxygen atoms in total. The van der Waals surface area contributed by atoms with Gasteiger partial charge in [0, 0.05) is 32.7 Å². The Morgan fingerprint density at radius 3 is 2.06 bits per heavy atom. The predicted molar refractivity (Wildman–Crippen MR) is 122 cm³/mol. The number of benzene rings is 3. The van der Waals surface area contributed by atoms with E-state index in [2.05, 4.69) is 23.1 Å². The van der Waals surface area contributed by atoms with Crippen molar-refractivity contribution in [2.75, 3.05) is 26.2 Å². The second-order valence-corrected chi connectivity index (χ2v) is 9.61. The van der Waals surface area contributed by atoms with Gasteiger partial charge in [-0.05, 0) is 47.0 Å². The number of nitrogens with zero attached hydrogens (tertiary/aromatic N) is 4. The maximum Gasteiger partial charge on any atom is 0.243 e. The van der Waals surface area contributed by atoms with Crippen LogP contribution < -0.4 is 0 Å². The Bertz CT molecular complexity index is 1280. The molecule has 0 spiro atoms. The first-order chi connectivity index (χ1) is 15.5. The van der Waals surface area contributed by atoms with Gasteiger partial charge in [0.05, 0.1) is 28.2 Å². The topological polar surface area (TPSA) is 88.2 Å². The molecular weight excluding hydrogens is 420 g/mol. The predicted octanol–water partition coefficient (Wildman–Crippen LogP) is 3.60. The third-order valence-electron chi connectivity index (χ3n) is 5.67. The number of hydrogen-bond acceptors (Lipinski definition) is 5. The first kappa shape index (κ1) is 21.7. The van der Waals surface area contributed by atoms with Crippen LogP contribution in [-0.4, -0.2) is 43.8 Å². The van der Waals surface area contributed by atoms with Crippen molar-refractivity contribution in [2.45, 2.75) is 11.4 Å². The van der Waals surface area contributed by atoms with Crippen LogP contribution >= 0.6 is 0 Å². The van der Waals surface area contributed by atoms with Crippen molar-refractivity contribution in [3.05, 3.63) is 89.5 Å². The van der Waals surface area contributed by atoms with E-state index in [0.29, 0.717) is 37.3 Å². The highest BCUT2D eigenvalue weighted by molar-refractivity contribution is 7.89. The van der Waals surface area contributed by atoms with Gasteiger partial charge < -0.3 is 0 Å². The van der Waals surface area contributed by atoms with E-state index < -0.39 is 10.0 Å². The van der Waals surface area contributed by atoms with Crippen LogP contribution in [0.4, 0.5) is 0 Å². The minimum atomic E-state index is -3.56. The first-order valence-electron chi connectivity index (χ1n) is 10.3. The van der Waals surface area contributed by atoms with Gasteiger partial charge in [-0.15, -0.1) is 0 Å². The third kappa shape index (κ3) is 4.56. The molecule has 0 saturated carbocycles. The van der Waals surface area contributed by atoms with Crippen LogP contribution in [0, 0.1) is 22.7 Å². The molecule has 0 unspecified atom stereocenters. The summed E-state index contributed by atoms with van der Waals surface area (Å²) in [5.41, 5.74) is 4.16. The van der Waals surface area contributed by atoms with E-state index in [4.69, 9.17) is 5.26 Å². The zero-order valence-electron chi connectivity index (χ0n) is 17.5. The third-order valence-corrected chi connectivity index (χ3v) is 7.58. The van der Waals surface area contributed by atoms with Crippen molar-refractivity contribution in [3.8, 4) is 23.3 Å². The zero-order chi connectivity index (χ0) is 22.6. The Balaban J connectivity index is 1.38. The minimum absolute atomic E-state index is 0.221. The smallest absolute Gasteiger partial charge is 0.243 e. The van der Waals surface area contributed by atoms with E-state index >= 15 is 0 Å². The van der Waals surface area contributed by atoms with Crippen LogP contribution in [0.2, 0.25) is 0 Å². The van der Waals surface area contributed by atoms with E-state index in [-0.39, 0.29) is 4.90 Å². The molecule has 0 N–H and O–H groups in total. The normalized spacial score (nSPS) is 15.1. The van der Waals surface area contributed by atoms with Crippen LogP contribution in [0.15, 0.2) is 77.7 Å². The summed E-state index contributed by atoms with van der Waals surface area (Å²) in [5.74, 6) is 0. The summed E-state index contributed by atoms with van der Waals surface area (Å²) < 4.78 is 27.3. The van der Waals surface area contributed by atoms with Gasteiger partial charge >= 0.3 is 0 Å². The molecule has 0 aliphatic carbocycles. The van der Waals surface area contributed by atoms with E-state index in [1.807, 2.05) is 42.5 Å². The number of nitriles is 2. The van der Waals surface area contributed by atoms with E-state index in [1.165, 1.54) is 28.6 Å². The fourth-order valence-corrected chi connectivity index (χ4v) is 5.28. The number of piperazine rings is 1. The lowest BCUT2D eigenvalue weighted by Gasteiger charge is -2.34. The highest BCUT2D eigenvalue weighted by Crippen LogP contribution is 2.24. The summed E-state index contributed by atoms with van der Waals surface area (Å²) in [6, 6.07) is 26.0. The SMILES string of the molecule is N#Cc1ccc(S(=O)(=O)N2CCN(Cc3ccc(-c4ccccc4C#N)cc3)CC2)cc1. The van der Waals surface area contributed by atoms with Gasteiger partial charge in [-0.25, -0.2) is 8.42 Å². The fourth-order valence-electron chi connectivity index (χ4n) is 3.86. The van der Waals surface area contributed by atoms with Crippen molar-refractivity contribution in [1.82, 2.24) is 9.21 Å². The molecule has 0 atom stereocenters. The van der Waals surface area contributed by atoms with Gasteiger partial charge in [-0.1, -0.05) is 42.5 Å². The summed E-state index contributed by atoms with van der Waals surface area (Å²) in [7, 11) is -3.56. The second-order valence-electron chi connectivity index (χ2n) is 7.67. The molecule has 0 amide bonds. The van der Waals surface area contributed by atoms with Gasteiger partial charge in [0.1, 0.15) is 0 Å². The van der Waals surface area contributed by atoms with Crippen molar-refractivity contribution >= 4 is 10.0 Å². The Labute approximate surface area is 188 Å². The molecule has 4 rings (SSSR count). The molecule has 32 heavy (non-hydrogen) atoms. The van der Waals surface area contributed by atoms with Crippen LogP contribution in [0.5, 0.6) is 0 Å². The van der Waals surface area contributed by atoms with Crippen LogP contribution in [0.25, 0.3) is 11.1 Å². The molecule has 0 bridgehead atoms. The summed E-state index contributed by atoms with van der Waals surface area (Å²) in [6.45, 7) is 2.89. The first-order valence-corrected chi connectivity index (χ1v) is 11.8. The Morgan fingerprint density at radius 2 is 1.44 bits per heavy atom. The molecule has 0 aromatic heterocycles. The maximum absolute atomic E-state index is 12.9. The van der Waals surface area contributed by atoms with Crippen molar-refractivity contribution < 1.29 is 8.42 Å². The molecule has 7 heteroatoms. The molecule has 3 aromatic rings. The summed E-state index contributed by atoms with van der Waals surface area (Å²) in [6.07, 6.45) is 0. The Kier molecular flexibility index (Phi) is 6.34. The highest BCUT2D eigenvalue weighted by atomic mass is 32.2. The molecule has 1 saturated heterocycles. The van der Waals surface area contributed by atoms with Crippen LogP contribution in [-0.2, 0) is 16.6 Å². The molecule has 1 heterocycles. The van der Waals surface area contributed by atoms with Crippen LogP contribution in [0.1, 0.15) is 16.7 Å². The molecule has 1 fully saturated rings. The fraction of sp³-hybridized carbons (Fsp3) is 0.200. The van der Waals surface area contributed by atoms with E-state index in [1.54, 1.807) is 0 Å². The molecule has 1 aliphatic heterocycles. The van der Waals surface area contributed by atoms with Gasteiger partial charge in [-0.3, -0.25) is 4.90 Å². The molecule has 0 radical (unpaired) electrons. The molecule has 160 valence electrons. The highest BCUT2D eigenvalue weighted by Gasteiger charge is 2.28. The quantitative estimate of drug-likeness (QED) is 0.602. The Hall–Kier alpha value is -3.49. The number of rotatable bonds is 5. The van der Waals surface area contributed by atoms with E-state index in [0.717, 1.165) is 23.2 Å². The van der Waals surface area contributed by atoms with E-state index in [9.17, 15) is 13.7 Å². The average Bonchev–Trinajstić information content (AvgIpc) is 2.85. The van der Waals surface area contributed by atoms with Gasteiger partial charge in [0.2, 0.25) is 10.0 Å². The summed E-state index contributed by atoms with van der Waals surface area (Å²) >= 11 is 0. The maximum atomic E-state index is 12.9. The van der Waals surface area contributed by atoms with Crippen molar-refractivity contribution in [1.29, 1.82) is 10.5 Å². The monoisotopic (exact) mass is 442 g/mol. The van der Waals surface area contributed by atoms with Crippen molar-refractivity contribution in [3.63, 3.8) is 0 Å². The standard InChI is InChI=1S/C25H22N4O2S/c26-17-20-7-11-24(12-8-20)32(30,31)29-15-13-28(14-16-29)19-21-5-9-22(10-6-21)25-4-2-1-3-23(25)18-27/h1-12H,13-16,19H2. The lowest BCUT2D eigenvalue weighted by Crippen LogP contribution is -2.48. The molecule has 3 aromatic carbocycles. The molecular formula is C25H22N4O2S. The zero-order valence-corrected chi connectivity index (χ0v) is 18.3. The number of sulfonamides is 1. The lowest BCUT2D eigenvalue weighted by atomic mass is 9.99. The number of hydrogen-bond donors (Lipinski definition) is 0. The average molecular weight is 443 g/mol. The summed E-state index contributed by atoms with van der Waals surface area (Å²) in [5, 5.41) is 18.2. The summed E-state index contributed by atoms with van der Waals surface area (Å²) in [4.78, 5) is 2.46. The Morgan fingerprint density at radius 1 is 0.781 bits per heavy atom. The second kappa shape index (κ2) is 9.33.